The minimum atomic E-state index is -0.226. The highest BCUT2D eigenvalue weighted by molar-refractivity contribution is 5.66. The van der Waals surface area contributed by atoms with Crippen LogP contribution >= 0.6 is 0 Å². The Balaban J connectivity index is 2.20. The van der Waals surface area contributed by atoms with E-state index >= 15 is 0 Å². The van der Waals surface area contributed by atoms with E-state index < -0.39 is 0 Å². The topological polar surface area (TPSA) is 26.3 Å². The molecule has 0 saturated carbocycles. The minimum absolute atomic E-state index is 0.145. The third-order valence-electron chi connectivity index (χ3n) is 3.08. The van der Waals surface area contributed by atoms with Gasteiger partial charge in [-0.05, 0) is 24.0 Å². The number of hydrogen-bond donors (Lipinski definition) is 0. The maximum atomic E-state index is 11.0. The molecule has 0 saturated heterocycles. The van der Waals surface area contributed by atoms with E-state index in [1.165, 1.54) is 18.1 Å². The quantitative estimate of drug-likeness (QED) is 0.754. The molecule has 2 heteroatoms. The minimum Gasteiger partial charge on any atom is -0.465 e. The largest absolute Gasteiger partial charge is 0.465 e. The van der Waals surface area contributed by atoms with E-state index in [-0.39, 0.29) is 11.9 Å². The van der Waals surface area contributed by atoms with Gasteiger partial charge in [-0.25, -0.2) is 0 Å². The highest BCUT2D eigenvalue weighted by Gasteiger charge is 2.17. The zero-order valence-electron chi connectivity index (χ0n) is 10.6. The van der Waals surface area contributed by atoms with Crippen molar-refractivity contribution in [2.24, 2.45) is 0 Å². The molecule has 18 heavy (non-hydrogen) atoms. The van der Waals surface area contributed by atoms with Crippen LogP contribution in [0.4, 0.5) is 0 Å². The summed E-state index contributed by atoms with van der Waals surface area (Å²) >= 11 is 0. The molecule has 1 aliphatic rings. The number of rotatable bonds is 4. The maximum absolute atomic E-state index is 11.0. The molecule has 0 heterocycles. The molecule has 0 aromatic heterocycles. The molecule has 0 fully saturated rings. The van der Waals surface area contributed by atoms with E-state index in [1.54, 1.807) is 0 Å². The van der Waals surface area contributed by atoms with E-state index in [0.29, 0.717) is 6.61 Å². The Labute approximate surface area is 108 Å². The molecule has 0 bridgehead atoms. The van der Waals surface area contributed by atoms with Crippen molar-refractivity contribution in [3.63, 3.8) is 0 Å². The molecule has 1 aromatic rings. The molecule has 2 rings (SSSR count). The van der Waals surface area contributed by atoms with Gasteiger partial charge in [0, 0.05) is 12.8 Å². The molecule has 1 atom stereocenters. The average Bonchev–Trinajstić information content (AvgIpc) is 2.41. The lowest BCUT2D eigenvalue weighted by atomic mass is 9.88. The predicted octanol–water partition coefficient (Wildman–Crippen LogP) is 3.61. The van der Waals surface area contributed by atoms with Gasteiger partial charge in [-0.2, -0.15) is 0 Å². The Hall–Kier alpha value is -1.83. The standard InChI is InChI=1S/C16H18O2/c1-13(17)18-12-16(14-8-4-2-5-9-14)15-10-6-3-7-11-15/h2,4-6,8-11,16H,3,7,12H2,1H3. The molecule has 1 aromatic carbocycles. The zero-order chi connectivity index (χ0) is 12.8. The highest BCUT2D eigenvalue weighted by atomic mass is 16.5. The van der Waals surface area contributed by atoms with E-state index in [9.17, 15) is 4.79 Å². The number of carbonyl (C=O) groups is 1. The second-order valence-electron chi connectivity index (χ2n) is 4.45. The van der Waals surface area contributed by atoms with Gasteiger partial charge in [0.2, 0.25) is 0 Å². The molecule has 1 unspecified atom stereocenters. The Bertz CT molecular complexity index is 457. The smallest absolute Gasteiger partial charge is 0.302 e. The van der Waals surface area contributed by atoms with Crippen LogP contribution in [0, 0.1) is 0 Å². The van der Waals surface area contributed by atoms with Crippen molar-refractivity contribution in [2.45, 2.75) is 25.7 Å². The van der Waals surface area contributed by atoms with Crippen LogP contribution in [-0.4, -0.2) is 12.6 Å². The van der Waals surface area contributed by atoms with E-state index in [0.717, 1.165) is 12.8 Å². The molecule has 0 spiro atoms. The van der Waals surface area contributed by atoms with Crippen molar-refractivity contribution in [1.82, 2.24) is 0 Å². The van der Waals surface area contributed by atoms with Gasteiger partial charge >= 0.3 is 5.97 Å². The van der Waals surface area contributed by atoms with Crippen molar-refractivity contribution in [3.05, 3.63) is 59.7 Å². The lowest BCUT2D eigenvalue weighted by Crippen LogP contribution is -2.13. The summed E-state index contributed by atoms with van der Waals surface area (Å²) in [7, 11) is 0. The third-order valence-corrected chi connectivity index (χ3v) is 3.08. The van der Waals surface area contributed by atoms with Crippen LogP contribution in [0.5, 0.6) is 0 Å². The second-order valence-corrected chi connectivity index (χ2v) is 4.45. The number of ether oxygens (including phenoxy) is 1. The summed E-state index contributed by atoms with van der Waals surface area (Å²) in [6.45, 7) is 1.86. The molecule has 0 N–H and O–H groups in total. The van der Waals surface area contributed by atoms with Crippen molar-refractivity contribution in [3.8, 4) is 0 Å². The SMILES string of the molecule is CC(=O)OCC(C1=CCCC=C1)c1ccccc1. The first-order valence-electron chi connectivity index (χ1n) is 6.32. The Kier molecular flexibility index (Phi) is 4.35. The molecule has 2 nitrogen and oxygen atoms in total. The van der Waals surface area contributed by atoms with Crippen LogP contribution in [0.2, 0.25) is 0 Å². The molecule has 1 aliphatic carbocycles. The normalized spacial score (nSPS) is 15.9. The highest BCUT2D eigenvalue weighted by Crippen LogP contribution is 2.28. The van der Waals surface area contributed by atoms with Gasteiger partial charge < -0.3 is 4.74 Å². The molecule has 0 radical (unpaired) electrons. The van der Waals surface area contributed by atoms with E-state index in [2.05, 4.69) is 30.4 Å². The zero-order valence-corrected chi connectivity index (χ0v) is 10.6. The summed E-state index contributed by atoms with van der Waals surface area (Å²) in [6.07, 6.45) is 8.72. The van der Waals surface area contributed by atoms with E-state index in [1.807, 2.05) is 18.2 Å². The number of hydrogen-bond acceptors (Lipinski definition) is 2. The van der Waals surface area contributed by atoms with Crippen LogP contribution in [0.15, 0.2) is 54.1 Å². The van der Waals surface area contributed by atoms with Gasteiger partial charge in [-0.3, -0.25) is 4.79 Å². The van der Waals surface area contributed by atoms with Gasteiger partial charge in [-0.15, -0.1) is 0 Å². The maximum Gasteiger partial charge on any atom is 0.302 e. The fourth-order valence-electron chi connectivity index (χ4n) is 2.16. The summed E-state index contributed by atoms with van der Waals surface area (Å²) in [4.78, 5) is 11.0. The van der Waals surface area contributed by atoms with Crippen molar-refractivity contribution in [1.29, 1.82) is 0 Å². The first kappa shape index (κ1) is 12.6. The molecular weight excluding hydrogens is 224 g/mol. The molecule has 0 amide bonds. The number of allylic oxidation sites excluding steroid dienone is 3. The third kappa shape index (κ3) is 3.33. The van der Waals surface area contributed by atoms with Gasteiger partial charge in [-0.1, -0.05) is 48.6 Å². The fourth-order valence-corrected chi connectivity index (χ4v) is 2.16. The van der Waals surface area contributed by atoms with Crippen molar-refractivity contribution in [2.75, 3.05) is 6.61 Å². The lowest BCUT2D eigenvalue weighted by molar-refractivity contribution is -0.141. The van der Waals surface area contributed by atoms with Gasteiger partial charge in [0.25, 0.3) is 0 Å². The second kappa shape index (κ2) is 6.20. The Morgan fingerprint density at radius 1 is 1.28 bits per heavy atom. The van der Waals surface area contributed by atoms with Gasteiger partial charge in [0.1, 0.15) is 6.61 Å². The van der Waals surface area contributed by atoms with Crippen LogP contribution < -0.4 is 0 Å². The summed E-state index contributed by atoms with van der Waals surface area (Å²) in [6, 6.07) is 10.2. The van der Waals surface area contributed by atoms with E-state index in [4.69, 9.17) is 4.74 Å². The summed E-state index contributed by atoms with van der Waals surface area (Å²) in [5.41, 5.74) is 2.44. The van der Waals surface area contributed by atoms with Crippen LogP contribution in [0.1, 0.15) is 31.2 Å². The van der Waals surface area contributed by atoms with Crippen molar-refractivity contribution >= 4 is 5.97 Å². The fraction of sp³-hybridized carbons (Fsp3) is 0.312. The molecule has 94 valence electrons. The molecule has 0 aliphatic heterocycles. The number of benzene rings is 1. The van der Waals surface area contributed by atoms with Gasteiger partial charge in [0.05, 0.1) is 0 Å². The lowest BCUT2D eigenvalue weighted by Gasteiger charge is -2.20. The van der Waals surface area contributed by atoms with Crippen LogP contribution in [-0.2, 0) is 9.53 Å². The summed E-state index contributed by atoms with van der Waals surface area (Å²) in [5.74, 6) is -0.0806. The average molecular weight is 242 g/mol. The van der Waals surface area contributed by atoms with Crippen molar-refractivity contribution < 1.29 is 9.53 Å². The molecular formula is C16H18O2. The number of carbonyl (C=O) groups excluding carboxylic acids is 1. The van der Waals surface area contributed by atoms with Gasteiger partial charge in [0.15, 0.2) is 0 Å². The first-order chi connectivity index (χ1) is 8.77. The summed E-state index contributed by atoms with van der Waals surface area (Å²) in [5, 5.41) is 0. The Morgan fingerprint density at radius 2 is 2.06 bits per heavy atom. The first-order valence-corrected chi connectivity index (χ1v) is 6.32. The number of esters is 1. The van der Waals surface area contributed by atoms with Crippen LogP contribution in [0.3, 0.4) is 0 Å². The monoisotopic (exact) mass is 242 g/mol. The van der Waals surface area contributed by atoms with Crippen LogP contribution in [0.25, 0.3) is 0 Å². The summed E-state index contributed by atoms with van der Waals surface area (Å²) < 4.78 is 5.20. The predicted molar refractivity (Wildman–Crippen MR) is 72.3 cm³/mol. The Morgan fingerprint density at radius 3 is 2.67 bits per heavy atom.